The Labute approximate surface area is 329 Å². The summed E-state index contributed by atoms with van der Waals surface area (Å²) in [5.74, 6) is 0.757. The van der Waals surface area contributed by atoms with Gasteiger partial charge in [0.25, 0.3) is 6.48 Å². The molecule has 58 heavy (non-hydrogen) atoms. The lowest BCUT2D eigenvalue weighted by atomic mass is 10.1. The Morgan fingerprint density at radius 3 is 1.29 bits per heavy atom. The van der Waals surface area contributed by atoms with Crippen LogP contribution >= 0.6 is 0 Å². The van der Waals surface area contributed by atoms with Crippen LogP contribution in [0, 0.1) is 0 Å². The molecule has 6 heterocycles. The number of carbonyl (C=O) groups is 5. The molecular weight excluding hydrogens is 778 g/mol. The Morgan fingerprint density at radius 2 is 0.897 bits per heavy atom. The van der Waals surface area contributed by atoms with Crippen molar-refractivity contribution in [2.24, 2.45) is 0 Å². The SMILES string of the molecule is O=C1OCC(CN(CC2COC(=O)O2)c2ccc(Oc3ccc(N(CC4COC(=O)O4)CC4COC(O)O4)cc3N(CC3COC(=O)O3)CC3COC(=O)O3)cc2)O1. The third-order valence-electron chi connectivity index (χ3n) is 9.61. The van der Waals surface area contributed by atoms with Crippen molar-refractivity contribution in [2.75, 3.05) is 93.6 Å². The van der Waals surface area contributed by atoms with Gasteiger partial charge < -0.3 is 81.4 Å². The highest BCUT2D eigenvalue weighted by atomic mass is 16.8. The monoisotopic (exact) mass is 817 g/mol. The number of aliphatic hydroxyl groups excluding tert-OH is 1. The molecule has 8 rings (SSSR count). The van der Waals surface area contributed by atoms with Gasteiger partial charge in [0.15, 0.2) is 36.3 Å². The minimum atomic E-state index is -1.39. The van der Waals surface area contributed by atoms with Crippen molar-refractivity contribution >= 4 is 47.8 Å². The van der Waals surface area contributed by atoms with Crippen molar-refractivity contribution in [3.63, 3.8) is 0 Å². The summed E-state index contributed by atoms with van der Waals surface area (Å²) in [6.07, 6.45) is -7.66. The predicted molar refractivity (Wildman–Crippen MR) is 188 cm³/mol. The van der Waals surface area contributed by atoms with Gasteiger partial charge in [0.2, 0.25) is 0 Å². The van der Waals surface area contributed by atoms with Gasteiger partial charge in [0.05, 0.1) is 45.0 Å². The van der Waals surface area contributed by atoms with Gasteiger partial charge in [0.1, 0.15) is 44.9 Å². The normalized spacial score (nSPS) is 27.3. The summed E-state index contributed by atoms with van der Waals surface area (Å²) >= 11 is 0. The molecule has 7 atom stereocenters. The van der Waals surface area contributed by atoms with Crippen LogP contribution in [-0.2, 0) is 56.8 Å². The molecule has 0 bridgehead atoms. The molecule has 0 aliphatic carbocycles. The van der Waals surface area contributed by atoms with E-state index in [1.807, 2.05) is 14.7 Å². The zero-order chi connectivity index (χ0) is 40.2. The van der Waals surface area contributed by atoms with Crippen LogP contribution in [0.25, 0.3) is 0 Å². The van der Waals surface area contributed by atoms with E-state index in [4.69, 9.17) is 61.6 Å². The molecule has 0 amide bonds. The van der Waals surface area contributed by atoms with Crippen molar-refractivity contribution in [1.29, 1.82) is 0 Å². The van der Waals surface area contributed by atoms with Crippen LogP contribution in [0.4, 0.5) is 41.0 Å². The number of hydrogen-bond acceptors (Lipinski definition) is 22. The number of cyclic esters (lactones) is 10. The van der Waals surface area contributed by atoms with Crippen molar-refractivity contribution in [2.45, 2.75) is 43.1 Å². The number of benzene rings is 2. The molecule has 0 radical (unpaired) electrons. The first-order chi connectivity index (χ1) is 28.1. The Morgan fingerprint density at radius 1 is 0.500 bits per heavy atom. The quantitative estimate of drug-likeness (QED) is 0.178. The molecule has 6 aliphatic rings. The van der Waals surface area contributed by atoms with E-state index in [1.165, 1.54) is 0 Å². The molecule has 22 heteroatoms. The maximum atomic E-state index is 12.0. The molecule has 6 fully saturated rings. The summed E-state index contributed by atoms with van der Waals surface area (Å²) in [4.78, 5) is 64.6. The average Bonchev–Trinajstić information content (AvgIpc) is 4.08. The zero-order valence-corrected chi connectivity index (χ0v) is 30.7. The predicted octanol–water partition coefficient (Wildman–Crippen LogP) is 2.27. The Bertz CT molecular complexity index is 1790. The highest BCUT2D eigenvalue weighted by Gasteiger charge is 2.36. The number of rotatable bonds is 17. The second kappa shape index (κ2) is 17.2. The van der Waals surface area contributed by atoms with E-state index < -0.39 is 73.9 Å². The van der Waals surface area contributed by atoms with Crippen LogP contribution < -0.4 is 19.4 Å². The van der Waals surface area contributed by atoms with Crippen LogP contribution in [0.5, 0.6) is 11.5 Å². The molecule has 6 saturated heterocycles. The van der Waals surface area contributed by atoms with E-state index in [0.29, 0.717) is 28.6 Å². The molecule has 312 valence electrons. The van der Waals surface area contributed by atoms with Crippen LogP contribution in [0.2, 0.25) is 0 Å². The van der Waals surface area contributed by atoms with E-state index >= 15 is 0 Å². The first kappa shape index (κ1) is 38.7. The van der Waals surface area contributed by atoms with E-state index in [2.05, 4.69) is 0 Å². The number of ether oxygens (including phenoxy) is 13. The minimum absolute atomic E-state index is 0.0207. The van der Waals surface area contributed by atoms with Gasteiger partial charge in [-0.2, -0.15) is 0 Å². The van der Waals surface area contributed by atoms with E-state index in [-0.39, 0.29) is 78.9 Å². The summed E-state index contributed by atoms with van der Waals surface area (Å²) < 4.78 is 69.0. The molecular formula is C36H39N3O19. The number of aliphatic hydroxyl groups is 1. The molecule has 22 nitrogen and oxygen atoms in total. The average molecular weight is 818 g/mol. The van der Waals surface area contributed by atoms with Gasteiger partial charge in [-0.3, -0.25) is 0 Å². The maximum absolute atomic E-state index is 12.0. The fraction of sp³-hybridized carbons (Fsp3) is 0.528. The summed E-state index contributed by atoms with van der Waals surface area (Å²) in [5.41, 5.74) is 1.78. The van der Waals surface area contributed by atoms with Gasteiger partial charge in [-0.05, 0) is 42.5 Å². The van der Waals surface area contributed by atoms with Crippen molar-refractivity contribution in [3.8, 4) is 11.5 Å². The topological polar surface area (TPSA) is 235 Å². The lowest BCUT2D eigenvalue weighted by Crippen LogP contribution is -2.41. The lowest BCUT2D eigenvalue weighted by molar-refractivity contribution is -0.203. The fourth-order valence-electron chi connectivity index (χ4n) is 7.01. The van der Waals surface area contributed by atoms with Crippen LogP contribution in [0.1, 0.15) is 0 Å². The third kappa shape index (κ3) is 9.69. The first-order valence-corrected chi connectivity index (χ1v) is 18.4. The summed E-state index contributed by atoms with van der Waals surface area (Å²) in [6, 6.07) is 12.3. The van der Waals surface area contributed by atoms with Gasteiger partial charge in [0, 0.05) is 17.9 Å². The number of carbonyl (C=O) groups excluding carboxylic acids is 5. The Balaban J connectivity index is 1.10. The van der Waals surface area contributed by atoms with Crippen LogP contribution in [-0.4, -0.2) is 158 Å². The number of anilines is 3. The Kier molecular flexibility index (Phi) is 11.5. The van der Waals surface area contributed by atoms with Crippen molar-refractivity contribution in [3.05, 3.63) is 42.5 Å². The first-order valence-electron chi connectivity index (χ1n) is 18.4. The van der Waals surface area contributed by atoms with Gasteiger partial charge in [-0.15, -0.1) is 0 Å². The van der Waals surface area contributed by atoms with Crippen LogP contribution in [0.15, 0.2) is 42.5 Å². The number of nitrogens with zero attached hydrogens (tertiary/aromatic N) is 3. The third-order valence-corrected chi connectivity index (χ3v) is 9.61. The molecule has 2 aromatic carbocycles. The second-order valence-electron chi connectivity index (χ2n) is 13.9. The Hall–Kier alpha value is -6.13. The molecule has 2 aromatic rings. The van der Waals surface area contributed by atoms with Gasteiger partial charge in [-0.1, -0.05) is 0 Å². The fourth-order valence-corrected chi connectivity index (χ4v) is 7.01. The molecule has 7 unspecified atom stereocenters. The largest absolute Gasteiger partial charge is 0.508 e. The molecule has 0 aromatic heterocycles. The van der Waals surface area contributed by atoms with Gasteiger partial charge in [-0.25, -0.2) is 24.0 Å². The highest BCUT2D eigenvalue weighted by molar-refractivity contribution is 5.70. The summed E-state index contributed by atoms with van der Waals surface area (Å²) in [5, 5.41) is 9.88. The van der Waals surface area contributed by atoms with Gasteiger partial charge >= 0.3 is 30.8 Å². The molecule has 6 aliphatic heterocycles. The molecule has 0 spiro atoms. The minimum Gasteiger partial charge on any atom is -0.455 e. The van der Waals surface area contributed by atoms with Crippen molar-refractivity contribution < 1.29 is 90.7 Å². The number of hydrogen-bond donors (Lipinski definition) is 1. The highest BCUT2D eigenvalue weighted by Crippen LogP contribution is 2.38. The second-order valence-corrected chi connectivity index (χ2v) is 13.9. The maximum Gasteiger partial charge on any atom is 0.508 e. The van der Waals surface area contributed by atoms with E-state index in [0.717, 1.165) is 0 Å². The van der Waals surface area contributed by atoms with E-state index in [1.54, 1.807) is 42.5 Å². The van der Waals surface area contributed by atoms with Crippen molar-refractivity contribution in [1.82, 2.24) is 0 Å². The molecule has 0 saturated carbocycles. The van der Waals surface area contributed by atoms with Crippen LogP contribution in [0.3, 0.4) is 0 Å². The summed E-state index contributed by atoms with van der Waals surface area (Å²) in [6.45, 7) is -0.131. The molecule has 1 N–H and O–H groups in total. The standard InChI is InChI=1S/C36H39N3O19/c40-31-46-14-23(53-31)8-37(9-24-15-47-32(41)54-24)20-1-4-22(5-2-20)52-30-6-3-21(38(10-25-16-48-33(42)55-25)11-26-17-49-34(43)56-26)7-29(30)39(12-27-18-50-35(44)57-27)13-28-19-51-36(45)58-28/h1-7,23-28,33,42H,8-19H2. The zero-order valence-electron chi connectivity index (χ0n) is 30.7. The lowest BCUT2D eigenvalue weighted by Gasteiger charge is -2.32. The smallest absolute Gasteiger partial charge is 0.455 e. The summed E-state index contributed by atoms with van der Waals surface area (Å²) in [7, 11) is 0. The van der Waals surface area contributed by atoms with E-state index in [9.17, 15) is 29.1 Å².